The lowest BCUT2D eigenvalue weighted by Gasteiger charge is -2.42. The zero-order chi connectivity index (χ0) is 29.0. The van der Waals surface area contributed by atoms with Gasteiger partial charge in [0.25, 0.3) is 0 Å². The lowest BCUT2D eigenvalue weighted by atomic mass is 9.98. The van der Waals surface area contributed by atoms with Crippen LogP contribution >= 0.6 is 0 Å². The molecule has 0 aliphatic carbocycles. The van der Waals surface area contributed by atoms with E-state index in [4.69, 9.17) is 23.7 Å². The minimum absolute atomic E-state index is 0.344. The van der Waals surface area contributed by atoms with Crippen LogP contribution in [0.5, 0.6) is 0 Å². The van der Waals surface area contributed by atoms with E-state index in [1.54, 1.807) is 0 Å². The van der Waals surface area contributed by atoms with Gasteiger partial charge < -0.3 is 34.1 Å². The second-order valence-corrected chi connectivity index (χ2v) is 10.0. The molecule has 0 aromatic carbocycles. The molecule has 1 aliphatic heterocycles. The number of hydrogen-bond acceptors (Lipinski definition) is 10. The topological polar surface area (TPSA) is 147 Å². The van der Waals surface area contributed by atoms with Gasteiger partial charge in [0.15, 0.2) is 18.5 Å². The summed E-state index contributed by atoms with van der Waals surface area (Å²) in [5.74, 6) is -2.44. The third-order valence-corrected chi connectivity index (χ3v) is 6.40. The highest BCUT2D eigenvalue weighted by Gasteiger charge is 2.50. The number of amides is 1. The van der Waals surface area contributed by atoms with Crippen LogP contribution in [0.2, 0.25) is 0 Å². The molecule has 0 bridgehead atoms. The average molecular weight is 560 g/mol. The molecule has 0 aromatic heterocycles. The maximum absolute atomic E-state index is 12.3. The number of ether oxygens (including phenoxy) is 5. The van der Waals surface area contributed by atoms with Gasteiger partial charge in [-0.2, -0.15) is 0 Å². The van der Waals surface area contributed by atoms with Crippen molar-refractivity contribution >= 4 is 23.8 Å². The third kappa shape index (κ3) is 15.8. The van der Waals surface area contributed by atoms with Crippen molar-refractivity contribution in [2.24, 2.45) is 0 Å². The molecule has 5 atom stereocenters. The van der Waals surface area contributed by atoms with Crippen molar-refractivity contribution in [3.63, 3.8) is 0 Å². The molecule has 0 unspecified atom stereocenters. The fourth-order valence-corrected chi connectivity index (χ4v) is 4.43. The zero-order valence-electron chi connectivity index (χ0n) is 24.1. The zero-order valence-corrected chi connectivity index (χ0v) is 24.1. The fraction of sp³-hybridized carbons (Fsp3) is 0.857. The quantitative estimate of drug-likeness (QED) is 0.129. The molecule has 1 saturated heterocycles. The van der Waals surface area contributed by atoms with Gasteiger partial charge in [0.2, 0.25) is 5.91 Å². The lowest BCUT2D eigenvalue weighted by Crippen LogP contribution is -2.62. The average Bonchev–Trinajstić information content (AvgIpc) is 2.87. The van der Waals surface area contributed by atoms with Crippen LogP contribution in [0.15, 0.2) is 0 Å². The van der Waals surface area contributed by atoms with Crippen LogP contribution in [0, 0.1) is 0 Å². The Bertz CT molecular complexity index is 731. The van der Waals surface area contributed by atoms with Crippen LogP contribution in [0.4, 0.5) is 0 Å². The Hall–Kier alpha value is -2.24. The smallest absolute Gasteiger partial charge is 0.303 e. The second kappa shape index (κ2) is 20.6. The van der Waals surface area contributed by atoms with Crippen LogP contribution in [0.25, 0.3) is 0 Å². The Morgan fingerprint density at radius 1 is 0.744 bits per heavy atom. The molecule has 39 heavy (non-hydrogen) atoms. The van der Waals surface area contributed by atoms with Gasteiger partial charge in [0, 0.05) is 27.3 Å². The van der Waals surface area contributed by atoms with E-state index < -0.39 is 61.1 Å². The van der Waals surface area contributed by atoms with Crippen molar-refractivity contribution in [3.8, 4) is 0 Å². The minimum Gasteiger partial charge on any atom is -0.463 e. The summed E-state index contributed by atoms with van der Waals surface area (Å²) in [5, 5.41) is 13.5. The molecular weight excluding hydrogens is 510 g/mol. The molecular formula is C28H49NO10. The summed E-state index contributed by atoms with van der Waals surface area (Å²) in [6.07, 6.45) is 8.08. The molecule has 2 N–H and O–H groups in total. The largest absolute Gasteiger partial charge is 0.463 e. The molecule has 11 heteroatoms. The molecule has 1 amide bonds. The van der Waals surface area contributed by atoms with Gasteiger partial charge in [-0.3, -0.25) is 19.2 Å². The van der Waals surface area contributed by atoms with Gasteiger partial charge >= 0.3 is 17.9 Å². The Kier molecular flexibility index (Phi) is 18.4. The summed E-state index contributed by atoms with van der Waals surface area (Å²) in [5.41, 5.74) is 0. The number of unbranched alkanes of at least 4 members (excludes halogenated alkanes) is 11. The molecule has 0 radical (unpaired) electrons. The number of esters is 3. The number of carbonyl (C=O) groups is 4. The monoisotopic (exact) mass is 559 g/mol. The van der Waals surface area contributed by atoms with Crippen molar-refractivity contribution < 1.29 is 48.0 Å². The van der Waals surface area contributed by atoms with Crippen molar-refractivity contribution in [2.75, 3.05) is 19.8 Å². The normalized spacial score (nSPS) is 22.6. The second-order valence-electron chi connectivity index (χ2n) is 10.0. The van der Waals surface area contributed by atoms with E-state index in [0.717, 1.165) is 33.1 Å². The van der Waals surface area contributed by atoms with Gasteiger partial charge in [-0.15, -0.1) is 0 Å². The summed E-state index contributed by atoms with van der Waals surface area (Å²) >= 11 is 0. The predicted molar refractivity (Wildman–Crippen MR) is 142 cm³/mol. The van der Waals surface area contributed by atoms with Crippen molar-refractivity contribution in [3.05, 3.63) is 0 Å². The summed E-state index contributed by atoms with van der Waals surface area (Å²) in [4.78, 5) is 46.8. The summed E-state index contributed by atoms with van der Waals surface area (Å²) < 4.78 is 26.5. The van der Waals surface area contributed by atoms with E-state index in [1.165, 1.54) is 64.7 Å². The van der Waals surface area contributed by atoms with Crippen molar-refractivity contribution in [1.82, 2.24) is 5.32 Å². The molecule has 1 fully saturated rings. The van der Waals surface area contributed by atoms with E-state index in [9.17, 15) is 24.3 Å². The van der Waals surface area contributed by atoms with Crippen LogP contribution < -0.4 is 5.32 Å². The van der Waals surface area contributed by atoms with Crippen LogP contribution in [-0.2, 0) is 42.9 Å². The first-order valence-corrected chi connectivity index (χ1v) is 14.3. The Morgan fingerprint density at radius 2 is 1.26 bits per heavy atom. The number of aliphatic hydroxyl groups is 1. The Balaban J connectivity index is 2.39. The summed E-state index contributed by atoms with van der Waals surface area (Å²) in [6.45, 7) is 5.45. The van der Waals surface area contributed by atoms with E-state index in [2.05, 4.69) is 12.2 Å². The number of rotatable bonds is 20. The highest BCUT2D eigenvalue weighted by molar-refractivity contribution is 5.77. The third-order valence-electron chi connectivity index (χ3n) is 6.40. The lowest BCUT2D eigenvalue weighted by molar-refractivity contribution is -0.304. The SMILES string of the molecule is CCCCCCCCCCCCCCNC(=O)CO[C@H]1O[C@H](COC(C)=O)[C@@H](OC(C)=O)[C@H](OC(C)=O)[C@H]1O. The van der Waals surface area contributed by atoms with Gasteiger partial charge in [0.05, 0.1) is 0 Å². The Morgan fingerprint density at radius 3 is 1.77 bits per heavy atom. The fourth-order valence-electron chi connectivity index (χ4n) is 4.43. The first kappa shape index (κ1) is 34.8. The summed E-state index contributed by atoms with van der Waals surface area (Å²) in [6, 6.07) is 0. The first-order chi connectivity index (χ1) is 18.6. The highest BCUT2D eigenvalue weighted by atomic mass is 16.7. The maximum atomic E-state index is 12.3. The van der Waals surface area contributed by atoms with Gasteiger partial charge in [-0.25, -0.2) is 0 Å². The molecule has 0 saturated carbocycles. The maximum Gasteiger partial charge on any atom is 0.303 e. The van der Waals surface area contributed by atoms with Crippen LogP contribution in [0.3, 0.4) is 0 Å². The highest BCUT2D eigenvalue weighted by Crippen LogP contribution is 2.27. The van der Waals surface area contributed by atoms with E-state index >= 15 is 0 Å². The van der Waals surface area contributed by atoms with Crippen molar-refractivity contribution in [1.29, 1.82) is 0 Å². The van der Waals surface area contributed by atoms with E-state index in [1.807, 2.05) is 0 Å². The summed E-state index contributed by atoms with van der Waals surface area (Å²) in [7, 11) is 0. The van der Waals surface area contributed by atoms with Gasteiger partial charge in [-0.05, 0) is 6.42 Å². The Labute approximate surface area is 232 Å². The minimum atomic E-state index is -1.56. The standard InChI is InChI=1S/C28H49NO10/c1-5-6-7-8-9-10-11-12-13-14-15-16-17-29-24(33)19-36-28-25(34)27(38-22(4)32)26(37-21(3)31)23(39-28)18-35-20(2)30/h23,25-28,34H,5-19H2,1-4H3,(H,29,33)/t23-,25-,26-,27-,28+/m1/s1. The van der Waals surface area contributed by atoms with Crippen LogP contribution in [0.1, 0.15) is 105 Å². The van der Waals surface area contributed by atoms with Gasteiger partial charge in [-0.1, -0.05) is 77.6 Å². The number of aliphatic hydroxyl groups excluding tert-OH is 1. The number of hydrogen-bond donors (Lipinski definition) is 2. The van der Waals surface area contributed by atoms with E-state index in [0.29, 0.717) is 6.54 Å². The number of carbonyl (C=O) groups excluding carboxylic acids is 4. The molecule has 0 aromatic rings. The molecule has 1 heterocycles. The first-order valence-electron chi connectivity index (χ1n) is 14.3. The van der Waals surface area contributed by atoms with Crippen LogP contribution in [-0.4, -0.2) is 79.4 Å². The molecule has 0 spiro atoms. The van der Waals surface area contributed by atoms with E-state index in [-0.39, 0.29) is 6.61 Å². The van der Waals surface area contributed by atoms with Gasteiger partial charge in [0.1, 0.15) is 25.4 Å². The predicted octanol–water partition coefficient (Wildman–Crippen LogP) is 3.33. The molecule has 226 valence electrons. The molecule has 1 rings (SSSR count). The molecule has 11 nitrogen and oxygen atoms in total. The van der Waals surface area contributed by atoms with Crippen molar-refractivity contribution in [2.45, 2.75) is 135 Å². The molecule has 1 aliphatic rings. The number of nitrogens with one attached hydrogen (secondary N) is 1.